The maximum atomic E-state index is 14.1. The van der Waals surface area contributed by atoms with E-state index in [0.717, 1.165) is 29.2 Å². The maximum absolute atomic E-state index is 14.1. The number of ether oxygens (including phenoxy) is 1. The van der Waals surface area contributed by atoms with Gasteiger partial charge in [0.2, 0.25) is 0 Å². The lowest BCUT2D eigenvalue weighted by atomic mass is 10.1. The summed E-state index contributed by atoms with van der Waals surface area (Å²) in [6, 6.07) is 12.4. The fraction of sp³-hybridized carbons (Fsp3) is 0.0833. The van der Waals surface area contributed by atoms with Gasteiger partial charge in [0.1, 0.15) is 16.5 Å². The van der Waals surface area contributed by atoms with Gasteiger partial charge in [-0.15, -0.1) is 0 Å². The lowest BCUT2D eigenvalue weighted by molar-refractivity contribution is -0.123. The normalized spacial score (nSPS) is 15.0. The summed E-state index contributed by atoms with van der Waals surface area (Å²) in [4.78, 5) is 26.0. The second-order valence-corrected chi connectivity index (χ2v) is 10.3. The van der Waals surface area contributed by atoms with Gasteiger partial charge in [-0.2, -0.15) is 8.42 Å². The second-order valence-electron chi connectivity index (χ2n) is 7.37. The van der Waals surface area contributed by atoms with E-state index in [4.69, 9.17) is 20.5 Å². The largest absolute Gasteiger partial charge is 0.493 e. The average Bonchev–Trinajstić information content (AvgIpc) is 3.09. The third-order valence-electron chi connectivity index (χ3n) is 5.04. The van der Waals surface area contributed by atoms with Crippen molar-refractivity contribution in [3.05, 3.63) is 93.4 Å². The highest BCUT2D eigenvalue weighted by Gasteiger charge is 2.36. The van der Waals surface area contributed by atoms with E-state index in [1.807, 2.05) is 0 Å². The van der Waals surface area contributed by atoms with Crippen molar-refractivity contribution in [1.82, 2.24) is 4.90 Å². The third-order valence-corrected chi connectivity index (χ3v) is 7.55. The molecule has 0 N–H and O–H groups in total. The van der Waals surface area contributed by atoms with Crippen molar-refractivity contribution in [2.24, 2.45) is 0 Å². The molecular formula is C24H16ClF2NO6S2. The summed E-state index contributed by atoms with van der Waals surface area (Å²) in [5, 5.41) is -0.503. The smallest absolute Gasteiger partial charge is 0.339 e. The number of methoxy groups -OCH3 is 1. The van der Waals surface area contributed by atoms with Crippen LogP contribution in [0.2, 0.25) is 5.02 Å². The molecule has 1 aliphatic rings. The molecule has 1 heterocycles. The summed E-state index contributed by atoms with van der Waals surface area (Å²) >= 11 is 6.68. The standard InChI is InChI=1S/C24H16ClF2NO6S2/c1-33-21-11-14(5-10-20(21)34-36(31,32)16-8-6-15(26)7-9-16)12-22-23(29)28(24(30)35-22)13-17-18(25)3-2-4-19(17)27/h2-12H,13H2,1H3/b22-12-. The van der Waals surface area contributed by atoms with Crippen molar-refractivity contribution in [2.75, 3.05) is 7.11 Å². The van der Waals surface area contributed by atoms with Crippen molar-refractivity contribution >= 4 is 50.7 Å². The van der Waals surface area contributed by atoms with Crippen molar-refractivity contribution in [3.63, 3.8) is 0 Å². The number of hydrogen-bond donors (Lipinski definition) is 0. The van der Waals surface area contributed by atoms with Gasteiger partial charge < -0.3 is 8.92 Å². The van der Waals surface area contributed by atoms with Crippen LogP contribution in [-0.4, -0.2) is 31.6 Å². The number of hydrogen-bond acceptors (Lipinski definition) is 7. The van der Waals surface area contributed by atoms with E-state index >= 15 is 0 Å². The summed E-state index contributed by atoms with van der Waals surface area (Å²) in [5.41, 5.74) is 0.432. The highest BCUT2D eigenvalue weighted by Crippen LogP contribution is 2.36. The number of carbonyl (C=O) groups is 2. The molecule has 1 fully saturated rings. The first-order valence-electron chi connectivity index (χ1n) is 10.2. The fourth-order valence-corrected chi connectivity index (χ4v) is 5.24. The van der Waals surface area contributed by atoms with E-state index in [2.05, 4.69) is 0 Å². The number of amides is 2. The number of rotatable bonds is 7. The van der Waals surface area contributed by atoms with E-state index in [9.17, 15) is 26.8 Å². The molecule has 3 aromatic rings. The number of nitrogens with zero attached hydrogens (tertiary/aromatic N) is 1. The first-order valence-corrected chi connectivity index (χ1v) is 12.8. The third kappa shape index (κ3) is 5.38. The molecule has 0 unspecified atom stereocenters. The van der Waals surface area contributed by atoms with Gasteiger partial charge in [0.15, 0.2) is 11.5 Å². The Bertz CT molecular complexity index is 1470. The first-order chi connectivity index (χ1) is 17.1. The van der Waals surface area contributed by atoms with Gasteiger partial charge in [-0.05, 0) is 71.9 Å². The zero-order valence-electron chi connectivity index (χ0n) is 18.4. The number of benzene rings is 3. The molecule has 0 saturated carbocycles. The van der Waals surface area contributed by atoms with Crippen LogP contribution in [-0.2, 0) is 21.5 Å². The fourth-order valence-electron chi connectivity index (χ4n) is 3.24. The van der Waals surface area contributed by atoms with Crippen LogP contribution in [0.1, 0.15) is 11.1 Å². The minimum atomic E-state index is -4.27. The molecule has 2 amide bonds. The Kier molecular flexibility index (Phi) is 7.34. The first kappa shape index (κ1) is 25.7. The number of halogens is 3. The molecule has 0 aromatic heterocycles. The molecule has 7 nitrogen and oxygen atoms in total. The minimum absolute atomic E-state index is 0.0215. The second kappa shape index (κ2) is 10.3. The van der Waals surface area contributed by atoms with Crippen LogP contribution >= 0.6 is 23.4 Å². The van der Waals surface area contributed by atoms with Crippen LogP contribution in [0, 0.1) is 11.6 Å². The number of imide groups is 1. The lowest BCUT2D eigenvalue weighted by Crippen LogP contribution is -2.28. The summed E-state index contributed by atoms with van der Waals surface area (Å²) in [6.45, 7) is -0.329. The molecule has 4 rings (SSSR count). The molecule has 1 aliphatic heterocycles. The predicted molar refractivity (Wildman–Crippen MR) is 130 cm³/mol. The Morgan fingerprint density at radius 3 is 2.42 bits per heavy atom. The van der Waals surface area contributed by atoms with Crippen LogP contribution in [0.15, 0.2) is 70.5 Å². The molecule has 186 valence electrons. The van der Waals surface area contributed by atoms with E-state index in [1.54, 1.807) is 0 Å². The Morgan fingerprint density at radius 2 is 1.75 bits per heavy atom. The SMILES string of the molecule is COc1cc(/C=C2\SC(=O)N(Cc3c(F)cccc3Cl)C2=O)ccc1OS(=O)(=O)c1ccc(F)cc1. The van der Waals surface area contributed by atoms with Gasteiger partial charge in [-0.1, -0.05) is 23.7 Å². The van der Waals surface area contributed by atoms with Gasteiger partial charge in [0.05, 0.1) is 18.6 Å². The zero-order chi connectivity index (χ0) is 26.0. The quantitative estimate of drug-likeness (QED) is 0.278. The van der Waals surface area contributed by atoms with E-state index in [0.29, 0.717) is 17.3 Å². The molecule has 0 bridgehead atoms. The predicted octanol–water partition coefficient (Wildman–Crippen LogP) is 5.63. The molecule has 0 radical (unpaired) electrons. The Morgan fingerprint density at radius 1 is 1.03 bits per heavy atom. The molecule has 1 saturated heterocycles. The zero-order valence-corrected chi connectivity index (χ0v) is 20.8. The molecule has 0 atom stereocenters. The Hall–Kier alpha value is -3.41. The van der Waals surface area contributed by atoms with Crippen molar-refractivity contribution in [2.45, 2.75) is 11.4 Å². The molecule has 3 aromatic carbocycles. The summed E-state index contributed by atoms with van der Waals surface area (Å²) in [6.07, 6.45) is 1.41. The molecule has 0 aliphatic carbocycles. The van der Waals surface area contributed by atoms with Crippen LogP contribution in [0.3, 0.4) is 0 Å². The number of carbonyl (C=O) groups excluding carboxylic acids is 2. The van der Waals surface area contributed by atoms with Crippen molar-refractivity contribution in [1.29, 1.82) is 0 Å². The highest BCUT2D eigenvalue weighted by molar-refractivity contribution is 8.18. The van der Waals surface area contributed by atoms with Gasteiger partial charge in [-0.25, -0.2) is 8.78 Å². The van der Waals surface area contributed by atoms with Crippen LogP contribution < -0.4 is 8.92 Å². The van der Waals surface area contributed by atoms with E-state index in [1.165, 1.54) is 49.6 Å². The van der Waals surface area contributed by atoms with Crippen LogP contribution in [0.5, 0.6) is 11.5 Å². The summed E-state index contributed by atoms with van der Waals surface area (Å²) < 4.78 is 62.6. The Labute approximate surface area is 214 Å². The molecular weight excluding hydrogens is 536 g/mol. The Balaban J connectivity index is 1.56. The summed E-state index contributed by atoms with van der Waals surface area (Å²) in [7, 11) is -2.98. The minimum Gasteiger partial charge on any atom is -0.493 e. The average molecular weight is 552 g/mol. The molecule has 12 heteroatoms. The van der Waals surface area contributed by atoms with Gasteiger partial charge in [0.25, 0.3) is 11.1 Å². The van der Waals surface area contributed by atoms with Gasteiger partial charge >= 0.3 is 10.1 Å². The monoisotopic (exact) mass is 551 g/mol. The lowest BCUT2D eigenvalue weighted by Gasteiger charge is -2.14. The summed E-state index contributed by atoms with van der Waals surface area (Å²) in [5.74, 6) is -1.98. The van der Waals surface area contributed by atoms with Crippen molar-refractivity contribution < 1.29 is 35.7 Å². The van der Waals surface area contributed by atoms with Crippen LogP contribution in [0.4, 0.5) is 13.6 Å². The van der Waals surface area contributed by atoms with E-state index in [-0.39, 0.29) is 38.4 Å². The number of thioether (sulfide) groups is 1. The van der Waals surface area contributed by atoms with Crippen LogP contribution in [0.25, 0.3) is 6.08 Å². The topological polar surface area (TPSA) is 90.0 Å². The van der Waals surface area contributed by atoms with E-state index < -0.39 is 32.9 Å². The van der Waals surface area contributed by atoms with Crippen molar-refractivity contribution in [3.8, 4) is 11.5 Å². The van der Waals surface area contributed by atoms with Gasteiger partial charge in [0, 0.05) is 10.6 Å². The molecule has 0 spiro atoms. The maximum Gasteiger partial charge on any atom is 0.339 e. The highest BCUT2D eigenvalue weighted by atomic mass is 35.5. The molecule has 36 heavy (non-hydrogen) atoms. The van der Waals surface area contributed by atoms with Gasteiger partial charge in [-0.3, -0.25) is 14.5 Å².